The molecule has 1 aromatic rings. The SMILES string of the molecule is CC[C@@H]1NC(=O)C[C@H](c2ccccc2)NC(=O)[C@H](CO)NC(=O)[C@@H](C(C)O)NC(=O)[C@@H]2[C@H](Cl)[C@H](Cl)CN2C1=O. The van der Waals surface area contributed by atoms with Crippen LogP contribution in [0.25, 0.3) is 0 Å². The lowest BCUT2D eigenvalue weighted by molar-refractivity contribution is -0.143. The first-order chi connectivity index (χ1) is 18.5. The van der Waals surface area contributed by atoms with Gasteiger partial charge in [0.05, 0.1) is 35.9 Å². The highest BCUT2D eigenvalue weighted by Gasteiger charge is 2.48. The van der Waals surface area contributed by atoms with E-state index in [1.807, 2.05) is 0 Å². The lowest BCUT2D eigenvalue weighted by Gasteiger charge is -2.32. The molecule has 3 rings (SSSR count). The standard InChI is InChI=1S/C25H33Cl2N5O7/c1-3-15-25(39)32-10-14(26)19(27)21(32)24(38)31-20(12(2)34)23(37)30-17(11-33)22(36)29-16(9-18(35)28-15)13-7-5-4-6-8-13/h4-8,12,14-17,19-21,33-34H,3,9-11H2,1-2H3,(H,28,35)(H,29,36)(H,30,37)(H,31,38)/t12?,14-,15+,16-,17+,19-,20-,21+/m1/s1. The molecule has 2 saturated heterocycles. The maximum atomic E-state index is 13.5. The van der Waals surface area contributed by atoms with E-state index in [1.54, 1.807) is 37.3 Å². The second-order valence-corrected chi connectivity index (χ2v) is 10.6. The number of hydrogen-bond acceptors (Lipinski definition) is 7. The number of fused-ring (bicyclic) bond motifs is 1. The Bertz CT molecular complexity index is 1080. The van der Waals surface area contributed by atoms with E-state index in [4.69, 9.17) is 23.2 Å². The highest BCUT2D eigenvalue weighted by Crippen LogP contribution is 2.29. The van der Waals surface area contributed by atoms with E-state index in [9.17, 15) is 34.2 Å². The van der Waals surface area contributed by atoms with Gasteiger partial charge in [-0.1, -0.05) is 37.3 Å². The summed E-state index contributed by atoms with van der Waals surface area (Å²) < 4.78 is 0. The maximum Gasteiger partial charge on any atom is 0.245 e. The molecule has 39 heavy (non-hydrogen) atoms. The predicted molar refractivity (Wildman–Crippen MR) is 142 cm³/mol. The van der Waals surface area contributed by atoms with E-state index >= 15 is 0 Å². The van der Waals surface area contributed by atoms with Crippen molar-refractivity contribution in [2.75, 3.05) is 13.2 Å². The van der Waals surface area contributed by atoms with Crippen LogP contribution in [-0.2, 0) is 24.0 Å². The van der Waals surface area contributed by atoms with Crippen molar-refractivity contribution in [2.24, 2.45) is 0 Å². The number of aliphatic hydroxyl groups excluding tert-OH is 2. The third-order valence-corrected chi connectivity index (χ3v) is 7.81. The first-order valence-corrected chi connectivity index (χ1v) is 13.5. The second kappa shape index (κ2) is 13.4. The predicted octanol–water partition coefficient (Wildman–Crippen LogP) is -1.09. The Balaban J connectivity index is 2.02. The van der Waals surface area contributed by atoms with Crippen LogP contribution in [0.15, 0.2) is 30.3 Å². The van der Waals surface area contributed by atoms with Crippen LogP contribution in [-0.4, -0.2) is 98.8 Å². The summed E-state index contributed by atoms with van der Waals surface area (Å²) in [7, 11) is 0. The summed E-state index contributed by atoms with van der Waals surface area (Å²) in [5.74, 6) is -3.75. The maximum absolute atomic E-state index is 13.5. The average molecular weight is 586 g/mol. The van der Waals surface area contributed by atoms with E-state index < -0.39 is 83.2 Å². The Labute approximate surface area is 235 Å². The highest BCUT2D eigenvalue weighted by molar-refractivity contribution is 6.32. The number of carbonyl (C=O) groups excluding carboxylic acids is 5. The Morgan fingerprint density at radius 3 is 2.21 bits per heavy atom. The van der Waals surface area contributed by atoms with Gasteiger partial charge < -0.3 is 36.4 Å². The smallest absolute Gasteiger partial charge is 0.245 e. The van der Waals surface area contributed by atoms with Crippen LogP contribution in [0.1, 0.15) is 38.3 Å². The number of alkyl halides is 2. The summed E-state index contributed by atoms with van der Waals surface area (Å²) in [4.78, 5) is 67.1. The van der Waals surface area contributed by atoms with Gasteiger partial charge in [-0.3, -0.25) is 24.0 Å². The van der Waals surface area contributed by atoms with Crippen molar-refractivity contribution in [3.05, 3.63) is 35.9 Å². The number of amides is 5. The van der Waals surface area contributed by atoms with E-state index in [0.717, 1.165) is 4.90 Å². The molecule has 12 nitrogen and oxygen atoms in total. The molecule has 0 bridgehead atoms. The number of benzene rings is 1. The van der Waals surface area contributed by atoms with Gasteiger partial charge in [0.1, 0.15) is 24.2 Å². The molecule has 214 valence electrons. The zero-order valence-corrected chi connectivity index (χ0v) is 23.0. The molecule has 6 N–H and O–H groups in total. The molecule has 2 aliphatic heterocycles. The van der Waals surface area contributed by atoms with Crippen molar-refractivity contribution >= 4 is 52.7 Å². The third-order valence-electron chi connectivity index (χ3n) is 6.73. The Hall–Kier alpha value is -2.93. The molecule has 5 amide bonds. The van der Waals surface area contributed by atoms with Crippen molar-refractivity contribution in [1.82, 2.24) is 26.2 Å². The number of nitrogens with one attached hydrogen (secondary N) is 4. The molecule has 0 aliphatic carbocycles. The van der Waals surface area contributed by atoms with E-state index in [2.05, 4.69) is 21.3 Å². The highest BCUT2D eigenvalue weighted by atomic mass is 35.5. The first-order valence-electron chi connectivity index (χ1n) is 12.6. The molecule has 0 spiro atoms. The molecule has 1 aromatic carbocycles. The zero-order chi connectivity index (χ0) is 28.9. The van der Waals surface area contributed by atoms with Crippen molar-refractivity contribution in [2.45, 2.75) is 73.8 Å². The van der Waals surface area contributed by atoms with Gasteiger partial charge in [0.15, 0.2) is 0 Å². The number of halogens is 2. The van der Waals surface area contributed by atoms with Gasteiger partial charge in [-0.25, -0.2) is 0 Å². The van der Waals surface area contributed by atoms with E-state index in [-0.39, 0.29) is 19.4 Å². The minimum atomic E-state index is -1.55. The van der Waals surface area contributed by atoms with Gasteiger partial charge in [0, 0.05) is 6.54 Å². The molecule has 0 aromatic heterocycles. The normalized spacial score (nSPS) is 32.0. The fourth-order valence-electron chi connectivity index (χ4n) is 4.57. The lowest BCUT2D eigenvalue weighted by Crippen LogP contribution is -2.62. The van der Waals surface area contributed by atoms with Gasteiger partial charge in [-0.2, -0.15) is 0 Å². The van der Waals surface area contributed by atoms with Crippen LogP contribution < -0.4 is 21.3 Å². The number of hydrogen-bond donors (Lipinski definition) is 6. The Morgan fingerprint density at radius 2 is 1.62 bits per heavy atom. The van der Waals surface area contributed by atoms with Crippen LogP contribution in [0.2, 0.25) is 0 Å². The largest absolute Gasteiger partial charge is 0.394 e. The minimum absolute atomic E-state index is 0.0835. The van der Waals surface area contributed by atoms with Crippen LogP contribution >= 0.6 is 23.2 Å². The Morgan fingerprint density at radius 1 is 0.949 bits per heavy atom. The van der Waals surface area contributed by atoms with Gasteiger partial charge in [0.2, 0.25) is 29.5 Å². The van der Waals surface area contributed by atoms with Gasteiger partial charge in [-0.05, 0) is 18.9 Å². The van der Waals surface area contributed by atoms with Crippen LogP contribution in [0.5, 0.6) is 0 Å². The monoisotopic (exact) mass is 585 g/mol. The molecule has 1 unspecified atom stereocenters. The van der Waals surface area contributed by atoms with Gasteiger partial charge >= 0.3 is 0 Å². The fraction of sp³-hybridized carbons (Fsp3) is 0.560. The molecular weight excluding hydrogens is 553 g/mol. The van der Waals surface area contributed by atoms with Gasteiger partial charge in [-0.15, -0.1) is 23.2 Å². The zero-order valence-electron chi connectivity index (χ0n) is 21.5. The number of carbonyl (C=O) groups is 5. The quantitative estimate of drug-likeness (QED) is 0.243. The molecule has 8 atom stereocenters. The van der Waals surface area contributed by atoms with E-state index in [0.29, 0.717) is 5.56 Å². The molecule has 2 fully saturated rings. The van der Waals surface area contributed by atoms with Crippen molar-refractivity contribution in [3.8, 4) is 0 Å². The summed E-state index contributed by atoms with van der Waals surface area (Å²) in [5, 5.41) is 28.3. The molecule has 2 aliphatic rings. The lowest BCUT2D eigenvalue weighted by atomic mass is 10.0. The van der Waals surface area contributed by atoms with Crippen molar-refractivity contribution < 1.29 is 34.2 Å². The summed E-state index contributed by atoms with van der Waals surface area (Å²) in [5.41, 5.74) is 0.577. The number of rotatable bonds is 4. The van der Waals surface area contributed by atoms with Crippen LogP contribution in [0, 0.1) is 0 Å². The number of aliphatic hydroxyl groups is 2. The fourth-order valence-corrected chi connectivity index (χ4v) is 5.19. The molecule has 14 heteroatoms. The second-order valence-electron chi connectivity index (χ2n) is 9.57. The molecule has 0 saturated carbocycles. The van der Waals surface area contributed by atoms with Gasteiger partial charge in [0.25, 0.3) is 0 Å². The first kappa shape index (κ1) is 30.6. The third kappa shape index (κ3) is 7.18. The Kier molecular flexibility index (Phi) is 10.5. The van der Waals surface area contributed by atoms with E-state index in [1.165, 1.54) is 6.92 Å². The minimum Gasteiger partial charge on any atom is -0.394 e. The summed E-state index contributed by atoms with van der Waals surface area (Å²) in [6.07, 6.45) is -1.49. The van der Waals surface area contributed by atoms with Crippen molar-refractivity contribution in [3.63, 3.8) is 0 Å². The topological polar surface area (TPSA) is 177 Å². The van der Waals surface area contributed by atoms with Crippen LogP contribution in [0.4, 0.5) is 0 Å². The van der Waals surface area contributed by atoms with Crippen LogP contribution in [0.3, 0.4) is 0 Å². The van der Waals surface area contributed by atoms with Crippen molar-refractivity contribution in [1.29, 1.82) is 0 Å². The number of nitrogens with zero attached hydrogens (tertiary/aromatic N) is 1. The summed E-state index contributed by atoms with van der Waals surface area (Å²) in [6.45, 7) is 2.05. The molecule has 2 heterocycles. The summed E-state index contributed by atoms with van der Waals surface area (Å²) >= 11 is 12.7. The molecule has 0 radical (unpaired) electrons. The average Bonchev–Trinajstić information content (AvgIpc) is 3.21. The molecular formula is C25H33Cl2N5O7. The summed E-state index contributed by atoms with van der Waals surface area (Å²) in [6, 6.07) is 2.39.